The van der Waals surface area contributed by atoms with Gasteiger partial charge in [0.15, 0.2) is 0 Å². The number of rotatable bonds is 4. The van der Waals surface area contributed by atoms with Crippen LogP contribution < -0.4 is 9.47 Å². The third kappa shape index (κ3) is 2.67. The molecule has 1 saturated carbocycles. The summed E-state index contributed by atoms with van der Waals surface area (Å²) in [6, 6.07) is 5.91. The van der Waals surface area contributed by atoms with Gasteiger partial charge in [0.25, 0.3) is 5.91 Å². The minimum Gasteiger partial charge on any atom is -0.496 e. The van der Waals surface area contributed by atoms with Crippen LogP contribution in [0.2, 0.25) is 0 Å². The molecule has 1 saturated heterocycles. The fourth-order valence-electron chi connectivity index (χ4n) is 4.08. The Morgan fingerprint density at radius 3 is 2.27 bits per heavy atom. The zero-order valence-electron chi connectivity index (χ0n) is 13.5. The summed E-state index contributed by atoms with van der Waals surface area (Å²) in [5.74, 6) is 1.93. The summed E-state index contributed by atoms with van der Waals surface area (Å²) in [4.78, 5) is 15.2. The summed E-state index contributed by atoms with van der Waals surface area (Å²) >= 11 is 0. The fraction of sp³-hybridized carbons (Fsp3) is 0.611. The molecule has 2 fully saturated rings. The lowest BCUT2D eigenvalue weighted by atomic mass is 9.95. The molecule has 0 aromatic heterocycles. The third-order valence-corrected chi connectivity index (χ3v) is 5.15. The molecule has 1 atom stereocenters. The highest BCUT2D eigenvalue weighted by Gasteiger charge is 2.37. The van der Waals surface area contributed by atoms with Crippen molar-refractivity contribution in [1.29, 1.82) is 0 Å². The van der Waals surface area contributed by atoms with Gasteiger partial charge in [-0.25, -0.2) is 0 Å². The highest BCUT2D eigenvalue weighted by molar-refractivity contribution is 6.00. The first kappa shape index (κ1) is 15.2. The maximum atomic E-state index is 13.1. The molecule has 1 amide bonds. The highest BCUT2D eigenvalue weighted by Crippen LogP contribution is 2.38. The first-order valence-electron chi connectivity index (χ1n) is 8.28. The van der Waals surface area contributed by atoms with E-state index in [2.05, 4.69) is 4.90 Å². The Kier molecular flexibility index (Phi) is 4.55. The number of nitrogens with zero attached hydrogens (tertiary/aromatic N) is 1. The van der Waals surface area contributed by atoms with E-state index < -0.39 is 0 Å². The topological polar surface area (TPSA) is 38.8 Å². The number of benzene rings is 1. The molecule has 1 aliphatic heterocycles. The number of likely N-dealkylation sites (tertiary alicyclic amines) is 1. The largest absolute Gasteiger partial charge is 0.496 e. The molecule has 0 radical (unpaired) electrons. The van der Waals surface area contributed by atoms with Crippen LogP contribution in [0.25, 0.3) is 0 Å². The lowest BCUT2D eigenvalue weighted by molar-refractivity contribution is 0.0682. The predicted octanol–water partition coefficient (Wildman–Crippen LogP) is 3.50. The molecule has 22 heavy (non-hydrogen) atoms. The van der Waals surface area contributed by atoms with Crippen molar-refractivity contribution in [2.45, 2.75) is 44.6 Å². The summed E-state index contributed by atoms with van der Waals surface area (Å²) in [5.41, 5.74) is 0.567. The normalized spacial score (nSPS) is 22.1. The van der Waals surface area contributed by atoms with Crippen LogP contribution in [0.15, 0.2) is 18.2 Å². The lowest BCUT2D eigenvalue weighted by Gasteiger charge is -2.30. The van der Waals surface area contributed by atoms with Gasteiger partial charge in [-0.3, -0.25) is 4.79 Å². The number of methoxy groups -OCH3 is 2. The molecule has 1 aromatic rings. The molecular weight excluding hydrogens is 278 g/mol. The van der Waals surface area contributed by atoms with Crippen LogP contribution in [0, 0.1) is 5.92 Å². The molecule has 3 rings (SSSR count). The van der Waals surface area contributed by atoms with Crippen molar-refractivity contribution in [2.24, 2.45) is 5.92 Å². The summed E-state index contributed by atoms with van der Waals surface area (Å²) in [7, 11) is 3.20. The molecule has 1 heterocycles. The first-order valence-corrected chi connectivity index (χ1v) is 8.28. The van der Waals surface area contributed by atoms with Crippen LogP contribution in [0.4, 0.5) is 0 Å². The molecule has 1 aliphatic carbocycles. The maximum Gasteiger partial charge on any atom is 0.261 e. The third-order valence-electron chi connectivity index (χ3n) is 5.15. The van der Waals surface area contributed by atoms with Crippen molar-refractivity contribution < 1.29 is 14.3 Å². The van der Waals surface area contributed by atoms with Crippen LogP contribution in [0.1, 0.15) is 48.9 Å². The molecule has 4 heteroatoms. The van der Waals surface area contributed by atoms with Crippen LogP contribution >= 0.6 is 0 Å². The van der Waals surface area contributed by atoms with E-state index in [1.165, 1.54) is 25.7 Å². The minimum atomic E-state index is 0.0590. The van der Waals surface area contributed by atoms with Gasteiger partial charge < -0.3 is 14.4 Å². The van der Waals surface area contributed by atoms with Crippen molar-refractivity contribution in [1.82, 2.24) is 4.90 Å². The Morgan fingerprint density at radius 2 is 1.68 bits per heavy atom. The second-order valence-corrected chi connectivity index (χ2v) is 6.29. The van der Waals surface area contributed by atoms with Gasteiger partial charge >= 0.3 is 0 Å². The minimum absolute atomic E-state index is 0.0590. The van der Waals surface area contributed by atoms with Gasteiger partial charge in [0.1, 0.15) is 17.1 Å². The second kappa shape index (κ2) is 6.59. The van der Waals surface area contributed by atoms with Gasteiger partial charge in [0, 0.05) is 12.6 Å². The molecule has 120 valence electrons. The quantitative estimate of drug-likeness (QED) is 0.854. The van der Waals surface area contributed by atoms with E-state index in [9.17, 15) is 4.79 Å². The summed E-state index contributed by atoms with van der Waals surface area (Å²) in [6.45, 7) is 0.848. The summed E-state index contributed by atoms with van der Waals surface area (Å²) in [5, 5.41) is 0. The van der Waals surface area contributed by atoms with Gasteiger partial charge in [0.05, 0.1) is 14.2 Å². The van der Waals surface area contributed by atoms with E-state index >= 15 is 0 Å². The smallest absolute Gasteiger partial charge is 0.261 e. The Balaban J connectivity index is 1.89. The Morgan fingerprint density at radius 1 is 1.05 bits per heavy atom. The number of hydrogen-bond acceptors (Lipinski definition) is 3. The molecule has 0 spiro atoms. The van der Waals surface area contributed by atoms with Crippen LogP contribution in [0.3, 0.4) is 0 Å². The van der Waals surface area contributed by atoms with Crippen molar-refractivity contribution >= 4 is 5.91 Å². The van der Waals surface area contributed by atoms with E-state index in [1.54, 1.807) is 14.2 Å². The van der Waals surface area contributed by atoms with Gasteiger partial charge in [-0.1, -0.05) is 18.9 Å². The average Bonchev–Trinajstić information content (AvgIpc) is 3.23. The summed E-state index contributed by atoms with van der Waals surface area (Å²) in [6.07, 6.45) is 7.37. The van der Waals surface area contributed by atoms with E-state index in [1.807, 2.05) is 18.2 Å². The Hall–Kier alpha value is -1.71. The van der Waals surface area contributed by atoms with E-state index in [0.717, 1.165) is 19.4 Å². The number of carbonyl (C=O) groups is 1. The second-order valence-electron chi connectivity index (χ2n) is 6.29. The van der Waals surface area contributed by atoms with Gasteiger partial charge in [-0.15, -0.1) is 0 Å². The fourth-order valence-corrected chi connectivity index (χ4v) is 4.08. The highest BCUT2D eigenvalue weighted by atomic mass is 16.5. The number of hydrogen-bond donors (Lipinski definition) is 0. The van der Waals surface area contributed by atoms with E-state index in [4.69, 9.17) is 9.47 Å². The van der Waals surface area contributed by atoms with Crippen molar-refractivity contribution in [2.75, 3.05) is 20.8 Å². The predicted molar refractivity (Wildman–Crippen MR) is 85.6 cm³/mol. The molecule has 1 aromatic carbocycles. The average molecular weight is 303 g/mol. The van der Waals surface area contributed by atoms with Gasteiger partial charge in [-0.2, -0.15) is 0 Å². The van der Waals surface area contributed by atoms with Crippen LogP contribution in [-0.2, 0) is 0 Å². The van der Waals surface area contributed by atoms with Crippen molar-refractivity contribution in [3.63, 3.8) is 0 Å². The lowest BCUT2D eigenvalue weighted by Crippen LogP contribution is -2.39. The van der Waals surface area contributed by atoms with Crippen molar-refractivity contribution in [3.05, 3.63) is 23.8 Å². The molecule has 4 nitrogen and oxygen atoms in total. The van der Waals surface area contributed by atoms with Crippen LogP contribution in [0.5, 0.6) is 11.5 Å². The van der Waals surface area contributed by atoms with Gasteiger partial charge in [-0.05, 0) is 43.7 Å². The number of ether oxygens (including phenoxy) is 2. The van der Waals surface area contributed by atoms with E-state index in [-0.39, 0.29) is 5.91 Å². The van der Waals surface area contributed by atoms with Crippen molar-refractivity contribution in [3.8, 4) is 11.5 Å². The summed E-state index contributed by atoms with van der Waals surface area (Å²) < 4.78 is 10.8. The molecule has 0 bridgehead atoms. The maximum absolute atomic E-state index is 13.1. The molecule has 0 N–H and O–H groups in total. The molecular formula is C18H25NO3. The monoisotopic (exact) mass is 303 g/mol. The number of amides is 1. The van der Waals surface area contributed by atoms with Gasteiger partial charge in [0.2, 0.25) is 0 Å². The zero-order valence-corrected chi connectivity index (χ0v) is 13.5. The van der Waals surface area contributed by atoms with E-state index in [0.29, 0.717) is 29.0 Å². The first-order chi connectivity index (χ1) is 10.8. The number of carbonyl (C=O) groups excluding carboxylic acids is 1. The zero-order chi connectivity index (χ0) is 15.5. The Labute approximate surface area is 132 Å². The molecule has 2 aliphatic rings. The Bertz CT molecular complexity index is 515. The standard InChI is InChI=1S/C18H25NO3/c1-21-15-10-5-11-16(22-2)17(15)18(20)19-12-6-9-14(19)13-7-3-4-8-13/h5,10-11,13-14H,3-4,6-9,12H2,1-2H3. The molecule has 1 unspecified atom stereocenters. The van der Waals surface area contributed by atoms with Crippen LogP contribution in [-0.4, -0.2) is 37.6 Å². The SMILES string of the molecule is COc1cccc(OC)c1C(=O)N1CCCC1C1CCCC1.